The van der Waals surface area contributed by atoms with Crippen LogP contribution < -0.4 is 15.1 Å². The van der Waals surface area contributed by atoms with Crippen molar-refractivity contribution in [2.75, 3.05) is 13.1 Å². The molecule has 166 valence electrons. The maximum absolute atomic E-state index is 13.0. The van der Waals surface area contributed by atoms with Crippen LogP contribution in [0.4, 0.5) is 4.39 Å². The molecule has 0 spiro atoms. The van der Waals surface area contributed by atoms with Crippen molar-refractivity contribution in [2.45, 2.75) is 32.3 Å². The monoisotopic (exact) mass is 437 g/mol. The number of nitrogens with zero attached hydrogens (tertiary/aromatic N) is 1. The summed E-state index contributed by atoms with van der Waals surface area (Å²) in [5, 5.41) is 0. The van der Waals surface area contributed by atoms with E-state index in [2.05, 4.69) is 0 Å². The maximum atomic E-state index is 13.0. The van der Waals surface area contributed by atoms with E-state index in [0.717, 1.165) is 5.56 Å². The van der Waals surface area contributed by atoms with Crippen molar-refractivity contribution in [3.8, 4) is 17.2 Å². The number of carbonyl (C=O) groups excluding carboxylic acids is 1. The second kappa shape index (κ2) is 9.68. The van der Waals surface area contributed by atoms with Crippen molar-refractivity contribution in [1.82, 2.24) is 4.90 Å². The number of halogens is 1. The lowest BCUT2D eigenvalue weighted by Gasteiger charge is -2.17. The Balaban J connectivity index is 1.28. The molecule has 2 heterocycles. The summed E-state index contributed by atoms with van der Waals surface area (Å²) in [6.07, 6.45) is 1.53. The first kappa shape index (κ1) is 21.6. The van der Waals surface area contributed by atoms with Gasteiger partial charge in [-0.2, -0.15) is 0 Å². The van der Waals surface area contributed by atoms with Crippen LogP contribution in [0, 0.1) is 12.7 Å². The highest BCUT2D eigenvalue weighted by atomic mass is 19.1. The number of hydrogen-bond acceptors (Lipinski definition) is 5. The zero-order chi connectivity index (χ0) is 22.5. The van der Waals surface area contributed by atoms with Crippen LogP contribution in [0.5, 0.6) is 17.2 Å². The number of carbonyl (C=O) groups is 1. The average molecular weight is 437 g/mol. The van der Waals surface area contributed by atoms with Crippen molar-refractivity contribution in [1.29, 1.82) is 0 Å². The zero-order valence-corrected chi connectivity index (χ0v) is 17.8. The third-order valence-corrected chi connectivity index (χ3v) is 5.24. The molecule has 2 aromatic carbocycles. The van der Waals surface area contributed by atoms with Gasteiger partial charge in [0, 0.05) is 25.5 Å². The second-order valence-electron chi connectivity index (χ2n) is 7.79. The van der Waals surface area contributed by atoms with Crippen molar-refractivity contribution < 1.29 is 23.1 Å². The Hall–Kier alpha value is -3.61. The summed E-state index contributed by atoms with van der Waals surface area (Å²) in [6.45, 7) is 2.81. The Morgan fingerprint density at radius 1 is 1.09 bits per heavy atom. The first-order chi connectivity index (χ1) is 15.4. The largest absolute Gasteiger partial charge is 0.488 e. The molecule has 1 fully saturated rings. The van der Waals surface area contributed by atoms with E-state index in [1.54, 1.807) is 30.0 Å². The van der Waals surface area contributed by atoms with E-state index in [-0.39, 0.29) is 17.8 Å². The Labute approximate surface area is 185 Å². The van der Waals surface area contributed by atoms with Crippen LogP contribution in [0.2, 0.25) is 0 Å². The molecule has 7 heteroatoms. The van der Waals surface area contributed by atoms with Crippen LogP contribution in [0.25, 0.3) is 0 Å². The Morgan fingerprint density at radius 3 is 2.69 bits per heavy atom. The number of amides is 1. The molecule has 0 unspecified atom stereocenters. The molecule has 1 aliphatic heterocycles. The fourth-order valence-corrected chi connectivity index (χ4v) is 3.70. The van der Waals surface area contributed by atoms with Crippen molar-refractivity contribution >= 4 is 5.91 Å². The van der Waals surface area contributed by atoms with Gasteiger partial charge in [-0.15, -0.1) is 0 Å². The molecular formula is C25H24FNO5. The van der Waals surface area contributed by atoms with Gasteiger partial charge in [0.15, 0.2) is 0 Å². The van der Waals surface area contributed by atoms with Gasteiger partial charge in [-0.3, -0.25) is 4.79 Å². The minimum absolute atomic E-state index is 0.0599. The summed E-state index contributed by atoms with van der Waals surface area (Å²) in [5.74, 6) is 1.89. The lowest BCUT2D eigenvalue weighted by atomic mass is 10.1. The summed E-state index contributed by atoms with van der Waals surface area (Å²) < 4.78 is 29.6. The number of ether oxygens (including phenoxy) is 2. The molecule has 6 nitrogen and oxygen atoms in total. The van der Waals surface area contributed by atoms with Crippen LogP contribution in [-0.4, -0.2) is 30.0 Å². The highest BCUT2D eigenvalue weighted by Gasteiger charge is 2.27. The summed E-state index contributed by atoms with van der Waals surface area (Å²) in [4.78, 5) is 25.9. The first-order valence-corrected chi connectivity index (χ1v) is 10.5. The number of aryl methyl sites for hydroxylation is 2. The Bertz CT molecular complexity index is 1140. The molecule has 1 aliphatic rings. The van der Waals surface area contributed by atoms with Crippen LogP contribution >= 0.6 is 0 Å². The fourth-order valence-electron chi connectivity index (χ4n) is 3.70. The lowest BCUT2D eigenvalue weighted by molar-refractivity contribution is -0.130. The predicted molar refractivity (Wildman–Crippen MR) is 117 cm³/mol. The van der Waals surface area contributed by atoms with Crippen LogP contribution in [-0.2, 0) is 11.2 Å². The number of rotatable bonds is 7. The molecule has 1 aromatic heterocycles. The standard InChI is InChI=1S/C25H24FNO5/c1-17-13-23(15-25(29)30-17)32-22-11-12-27(16-22)24(28)10-5-18-3-2-4-21(14-18)31-20-8-6-19(26)7-9-20/h2-4,6-9,13-15,22H,5,10-12,16H2,1H3/t22-/m0/s1. The number of hydrogen-bond donors (Lipinski definition) is 0. The SMILES string of the molecule is Cc1cc(O[C@H]2CCN(C(=O)CCc3cccc(Oc4ccc(F)cc4)c3)C2)cc(=O)o1. The molecule has 3 aromatic rings. The van der Waals surface area contributed by atoms with E-state index in [1.165, 1.54) is 18.2 Å². The van der Waals surface area contributed by atoms with Crippen molar-refractivity contribution in [3.05, 3.63) is 88.2 Å². The van der Waals surface area contributed by atoms with Gasteiger partial charge in [-0.05, 0) is 55.3 Å². The summed E-state index contributed by atoms with van der Waals surface area (Å²) in [5.41, 5.74) is 0.535. The minimum Gasteiger partial charge on any atom is -0.488 e. The summed E-state index contributed by atoms with van der Waals surface area (Å²) in [7, 11) is 0. The van der Waals surface area contributed by atoms with Crippen molar-refractivity contribution in [2.24, 2.45) is 0 Å². The molecule has 0 N–H and O–H groups in total. The summed E-state index contributed by atoms with van der Waals surface area (Å²) >= 11 is 0. The molecule has 0 radical (unpaired) electrons. The van der Waals surface area contributed by atoms with Gasteiger partial charge in [0.05, 0.1) is 12.6 Å². The third kappa shape index (κ3) is 5.75. The third-order valence-electron chi connectivity index (χ3n) is 5.24. The predicted octanol–water partition coefficient (Wildman–Crippen LogP) is 4.49. The molecule has 0 bridgehead atoms. The van der Waals surface area contributed by atoms with Gasteiger partial charge in [0.2, 0.25) is 5.91 Å². The molecular weight excluding hydrogens is 413 g/mol. The Morgan fingerprint density at radius 2 is 1.91 bits per heavy atom. The topological polar surface area (TPSA) is 69.0 Å². The normalized spacial score (nSPS) is 15.6. The van der Waals surface area contributed by atoms with Gasteiger partial charge in [-0.1, -0.05) is 12.1 Å². The van der Waals surface area contributed by atoms with Gasteiger partial charge >= 0.3 is 5.63 Å². The van der Waals surface area contributed by atoms with E-state index in [1.807, 2.05) is 24.3 Å². The van der Waals surface area contributed by atoms with E-state index < -0.39 is 5.63 Å². The lowest BCUT2D eigenvalue weighted by Crippen LogP contribution is -2.31. The molecule has 32 heavy (non-hydrogen) atoms. The molecule has 4 rings (SSSR count). The number of likely N-dealkylation sites (tertiary alicyclic amines) is 1. The van der Waals surface area contributed by atoms with E-state index >= 15 is 0 Å². The highest BCUT2D eigenvalue weighted by Crippen LogP contribution is 2.24. The number of benzene rings is 2. The van der Waals surface area contributed by atoms with Gasteiger partial charge in [0.25, 0.3) is 0 Å². The van der Waals surface area contributed by atoms with E-state index in [9.17, 15) is 14.0 Å². The van der Waals surface area contributed by atoms with Crippen LogP contribution in [0.3, 0.4) is 0 Å². The molecule has 0 aliphatic carbocycles. The Kier molecular flexibility index (Phi) is 6.54. The average Bonchev–Trinajstić information content (AvgIpc) is 3.22. The van der Waals surface area contributed by atoms with Gasteiger partial charge in [0.1, 0.15) is 34.9 Å². The fraction of sp³-hybridized carbons (Fsp3) is 0.280. The van der Waals surface area contributed by atoms with Gasteiger partial charge < -0.3 is 18.8 Å². The smallest absolute Gasteiger partial charge is 0.339 e. The minimum atomic E-state index is -0.448. The highest BCUT2D eigenvalue weighted by molar-refractivity contribution is 5.76. The van der Waals surface area contributed by atoms with Crippen LogP contribution in [0.15, 0.2) is 69.9 Å². The quantitative estimate of drug-likeness (QED) is 0.545. The molecule has 1 amide bonds. The van der Waals surface area contributed by atoms with Gasteiger partial charge in [-0.25, -0.2) is 9.18 Å². The maximum Gasteiger partial charge on any atom is 0.339 e. The zero-order valence-electron chi connectivity index (χ0n) is 17.8. The molecule has 1 atom stereocenters. The van der Waals surface area contributed by atoms with Crippen LogP contribution in [0.1, 0.15) is 24.2 Å². The second-order valence-corrected chi connectivity index (χ2v) is 7.79. The van der Waals surface area contributed by atoms with E-state index in [4.69, 9.17) is 13.9 Å². The summed E-state index contributed by atoms with van der Waals surface area (Å²) in [6, 6.07) is 16.4. The molecule has 0 saturated carbocycles. The first-order valence-electron chi connectivity index (χ1n) is 10.5. The van der Waals surface area contributed by atoms with E-state index in [0.29, 0.717) is 55.4 Å². The van der Waals surface area contributed by atoms with Crippen molar-refractivity contribution in [3.63, 3.8) is 0 Å². The molecule has 1 saturated heterocycles.